The first kappa shape index (κ1) is 67.5. The van der Waals surface area contributed by atoms with Crippen LogP contribution in [0, 0.1) is 0 Å². The van der Waals surface area contributed by atoms with E-state index < -0.39 is 83.0 Å². The van der Waals surface area contributed by atoms with Crippen LogP contribution in [0.1, 0.15) is 21.5 Å². The molecule has 0 bridgehead atoms. The van der Waals surface area contributed by atoms with E-state index in [0.29, 0.717) is 5.69 Å². The minimum Gasteiger partial charge on any atom is -0.871 e. The van der Waals surface area contributed by atoms with Crippen LogP contribution in [0.25, 0.3) is 22.9 Å². The van der Waals surface area contributed by atoms with Crippen molar-refractivity contribution >= 4 is 115 Å². The fraction of sp³-hybridized carbons (Fsp3) is 0. The second kappa shape index (κ2) is 28.3. The molecule has 75 heavy (non-hydrogen) atoms. The molecule has 0 heterocycles. The van der Waals surface area contributed by atoms with Gasteiger partial charge in [0, 0.05) is 5.56 Å². The van der Waals surface area contributed by atoms with Crippen LogP contribution in [-0.4, -0.2) is 57.9 Å². The molecular formula is C43H24CuN8Na4O15S4. The Morgan fingerprint density at radius 3 is 1.24 bits per heavy atom. The molecule has 0 aromatic heterocycles. The van der Waals surface area contributed by atoms with Crippen LogP contribution < -0.4 is 128 Å². The maximum atomic E-state index is 13.4. The van der Waals surface area contributed by atoms with E-state index in [4.69, 9.17) is 0 Å². The van der Waals surface area contributed by atoms with Gasteiger partial charge in [0.25, 0.3) is 0 Å². The van der Waals surface area contributed by atoms with Crippen LogP contribution >= 0.6 is 0 Å². The van der Waals surface area contributed by atoms with E-state index in [1.165, 1.54) is 84.9 Å². The number of carboxylic acids is 1. The van der Waals surface area contributed by atoms with Crippen molar-refractivity contribution in [3.8, 4) is 5.75 Å². The van der Waals surface area contributed by atoms with Crippen LogP contribution in [0.5, 0.6) is 5.75 Å². The van der Waals surface area contributed by atoms with E-state index in [1.54, 1.807) is 0 Å². The molecule has 0 N–H and O–H groups in total. The van der Waals surface area contributed by atoms with Crippen molar-refractivity contribution in [1.29, 1.82) is 0 Å². The Hall–Kier alpha value is -3.63. The van der Waals surface area contributed by atoms with E-state index in [0.717, 1.165) is 60.7 Å². The standard InChI is InChI=1S/C43H30N8O15S4.Cu.4Na/c52-42-35-20-17-31(21-27(35)22-40(70(64,65)66)41(42)51-50-37-4-2-1-3-36(37)43(53)54)47-49-33-10-8-26(39(24-33)69(61,62)63)6-5-25-7-9-32(23-38(25)68(58,59)60)48-46-29-13-11-28(12-14-29)44-45-30-15-18-34(19-16-30)67(55,56)57;;;;;/h1-24,52H,(H,53,54)(H,55,56,57)(H,58,59,60)(H,61,62,63)(H,64,65,66);;;;;/q;+2;4*+1/p-6/b6-5+,45-44?,48-46?,49-47?,51-50?;;;;;. The van der Waals surface area contributed by atoms with Gasteiger partial charge in [0.15, 0.2) is 0 Å². The molecule has 0 spiro atoms. The predicted octanol–water partition coefficient (Wildman–Crippen LogP) is -4.26. The van der Waals surface area contributed by atoms with Gasteiger partial charge in [-0.3, -0.25) is 0 Å². The first-order chi connectivity index (χ1) is 32.9. The number of benzene rings is 7. The SMILES string of the molecule is O=C([O-])c1ccccc1N=Nc1c(S(=O)(=O)[O-])cc2cc(N=Nc3ccc(/C=C/c4ccc(N=Nc5ccc(N=Nc6ccc(S(=O)(=O)[O-])cc6)cc5)cc4S(=O)(=O)[O-])c(S(=O)(=O)[O-])c3)ccc2c1[O-].[Cu+2].[Na+].[Na+].[Na+].[Na+]. The number of rotatable bonds is 15. The van der Waals surface area contributed by atoms with E-state index in [2.05, 4.69) is 40.9 Å². The summed E-state index contributed by atoms with van der Waals surface area (Å²) >= 11 is 0. The minimum absolute atomic E-state index is 0. The van der Waals surface area contributed by atoms with Crippen molar-refractivity contribution in [3.05, 3.63) is 150 Å². The molecule has 7 aromatic carbocycles. The molecule has 0 saturated carbocycles. The Morgan fingerprint density at radius 2 is 0.813 bits per heavy atom. The molecular weight excluding hydrogens is 1150 g/mol. The summed E-state index contributed by atoms with van der Waals surface area (Å²) in [6, 6.07) is 26.8. The van der Waals surface area contributed by atoms with Crippen LogP contribution in [-0.2, 0) is 57.5 Å². The maximum Gasteiger partial charge on any atom is 2.00 e. The Balaban J connectivity index is 0.00000385. The van der Waals surface area contributed by atoms with Crippen molar-refractivity contribution in [2.75, 3.05) is 0 Å². The molecule has 23 nitrogen and oxygen atoms in total. The van der Waals surface area contributed by atoms with Crippen LogP contribution in [0.4, 0.5) is 45.5 Å². The third-order valence-corrected chi connectivity index (χ3v) is 12.9. The van der Waals surface area contributed by atoms with Gasteiger partial charge in [-0.25, -0.2) is 33.7 Å². The number of fused-ring (bicyclic) bond motifs is 1. The van der Waals surface area contributed by atoms with Crippen LogP contribution in [0.15, 0.2) is 194 Å². The van der Waals surface area contributed by atoms with E-state index in [9.17, 15) is 66.9 Å². The van der Waals surface area contributed by atoms with Crippen LogP contribution in [0.3, 0.4) is 0 Å². The van der Waals surface area contributed by atoms with E-state index in [-0.39, 0.29) is 191 Å². The van der Waals surface area contributed by atoms with Crippen molar-refractivity contribution in [1.82, 2.24) is 0 Å². The van der Waals surface area contributed by atoms with Gasteiger partial charge >= 0.3 is 135 Å². The zero-order valence-electron chi connectivity index (χ0n) is 39.0. The van der Waals surface area contributed by atoms with Crippen LogP contribution in [0.2, 0.25) is 0 Å². The summed E-state index contributed by atoms with van der Waals surface area (Å²) < 4.78 is 144. The average Bonchev–Trinajstić information content (AvgIpc) is 3.30. The number of carbonyl (C=O) groups excluding carboxylic acids is 1. The summed E-state index contributed by atoms with van der Waals surface area (Å²) in [7, 11) is -20.4. The number of carboxylic acid groups (broad SMARTS) is 1. The van der Waals surface area contributed by atoms with Gasteiger partial charge < -0.3 is 33.2 Å². The normalized spacial score (nSPS) is 12.1. The molecule has 7 rings (SSSR count). The molecule has 365 valence electrons. The third kappa shape index (κ3) is 18.0. The summed E-state index contributed by atoms with van der Waals surface area (Å²) in [5.41, 5.74) is -1.52. The molecule has 0 aliphatic rings. The fourth-order valence-electron chi connectivity index (χ4n) is 6.18. The molecule has 0 saturated heterocycles. The Kier molecular flexibility index (Phi) is 25.5. The zero-order valence-corrected chi connectivity index (χ0v) is 51.2. The summed E-state index contributed by atoms with van der Waals surface area (Å²) in [6.07, 6.45) is 2.13. The first-order valence-corrected chi connectivity index (χ1v) is 24.8. The fourth-order valence-corrected chi connectivity index (χ4v) is 8.67. The van der Waals surface area contributed by atoms with Gasteiger partial charge in [-0.1, -0.05) is 54.3 Å². The molecule has 32 heteroatoms. The number of hydrogen-bond acceptors (Lipinski definition) is 23. The third-order valence-electron chi connectivity index (χ3n) is 9.46. The summed E-state index contributed by atoms with van der Waals surface area (Å²) in [5, 5.41) is 55.6. The molecule has 0 fully saturated rings. The molecule has 0 unspecified atom stereocenters. The number of carbonyl (C=O) groups is 1. The number of nitrogens with zero attached hydrogens (tertiary/aromatic N) is 8. The van der Waals surface area contributed by atoms with Gasteiger partial charge in [-0.2, -0.15) is 30.7 Å². The van der Waals surface area contributed by atoms with E-state index in [1.807, 2.05) is 0 Å². The second-order valence-electron chi connectivity index (χ2n) is 14.2. The monoisotopic (exact) mass is 1170 g/mol. The van der Waals surface area contributed by atoms with Crippen molar-refractivity contribution < 1.29 is 202 Å². The Morgan fingerprint density at radius 1 is 0.427 bits per heavy atom. The quantitative estimate of drug-likeness (QED) is 0.0406. The second-order valence-corrected chi connectivity index (χ2v) is 19.6. The van der Waals surface area contributed by atoms with Crippen molar-refractivity contribution in [2.24, 2.45) is 40.9 Å². The number of azo groups is 4. The summed E-state index contributed by atoms with van der Waals surface area (Å²) in [6.45, 7) is 0. The molecule has 7 aromatic rings. The van der Waals surface area contributed by atoms with Gasteiger partial charge in [-0.05, 0) is 119 Å². The van der Waals surface area contributed by atoms with Gasteiger partial charge in [-0.15, -0.1) is 10.2 Å². The first-order valence-electron chi connectivity index (χ1n) is 19.2. The summed E-state index contributed by atoms with van der Waals surface area (Å²) in [4.78, 5) is 8.33. The van der Waals surface area contributed by atoms with Gasteiger partial charge in [0.05, 0.1) is 71.1 Å². The molecule has 0 atom stereocenters. The summed E-state index contributed by atoms with van der Waals surface area (Å²) in [5.74, 6) is -2.70. The Labute approximate surface area is 526 Å². The number of hydrogen-bond donors (Lipinski definition) is 0. The predicted molar refractivity (Wildman–Crippen MR) is 237 cm³/mol. The maximum absolute atomic E-state index is 13.4. The molecule has 0 amide bonds. The number of aromatic carboxylic acids is 1. The largest absolute Gasteiger partial charge is 2.00 e. The minimum atomic E-state index is -5.38. The zero-order chi connectivity index (χ0) is 50.6. The topological polar surface area (TPSA) is 391 Å². The van der Waals surface area contributed by atoms with Gasteiger partial charge in [0.2, 0.25) is 0 Å². The molecule has 0 aliphatic carbocycles. The Bertz CT molecular complexity index is 3900. The van der Waals surface area contributed by atoms with Crippen molar-refractivity contribution in [3.63, 3.8) is 0 Å². The van der Waals surface area contributed by atoms with Gasteiger partial charge in [0.1, 0.15) is 40.5 Å². The molecule has 0 aliphatic heterocycles. The molecule has 1 radical (unpaired) electrons. The van der Waals surface area contributed by atoms with Crippen molar-refractivity contribution in [2.45, 2.75) is 19.6 Å². The van der Waals surface area contributed by atoms with E-state index >= 15 is 0 Å². The average molecular weight is 1180 g/mol. The smallest absolute Gasteiger partial charge is 0.871 e.